The van der Waals surface area contributed by atoms with Gasteiger partial charge in [0.2, 0.25) is 0 Å². The highest BCUT2D eigenvalue weighted by Gasteiger charge is 2.34. The van der Waals surface area contributed by atoms with Gasteiger partial charge < -0.3 is 5.32 Å². The van der Waals surface area contributed by atoms with E-state index in [1.165, 1.54) is 31.7 Å². The summed E-state index contributed by atoms with van der Waals surface area (Å²) in [6, 6.07) is 0.731. The van der Waals surface area contributed by atoms with Gasteiger partial charge in [-0.3, -0.25) is 4.90 Å². The maximum atomic E-state index is 3.70. The van der Waals surface area contributed by atoms with E-state index in [-0.39, 0.29) is 5.54 Å². The molecule has 1 aliphatic rings. The molecule has 0 spiro atoms. The number of rotatable bonds is 6. The summed E-state index contributed by atoms with van der Waals surface area (Å²) in [6.45, 7) is 13.0. The third kappa shape index (κ3) is 4.80. The van der Waals surface area contributed by atoms with Crippen LogP contribution in [0.25, 0.3) is 0 Å². The Kier molecular flexibility index (Phi) is 6.32. The Morgan fingerprint density at radius 2 is 2.18 bits per heavy atom. The van der Waals surface area contributed by atoms with Crippen LogP contribution in [0.4, 0.5) is 0 Å². The zero-order valence-electron chi connectivity index (χ0n) is 12.3. The summed E-state index contributed by atoms with van der Waals surface area (Å²) >= 11 is 1.96. The summed E-state index contributed by atoms with van der Waals surface area (Å²) in [5, 5.41) is 3.70. The van der Waals surface area contributed by atoms with Crippen molar-refractivity contribution in [2.45, 2.75) is 52.1 Å². The molecule has 0 aromatic carbocycles. The van der Waals surface area contributed by atoms with Crippen LogP contribution in [0.5, 0.6) is 0 Å². The van der Waals surface area contributed by atoms with Gasteiger partial charge in [0.15, 0.2) is 0 Å². The Bertz CT molecular complexity index is 218. The van der Waals surface area contributed by atoms with Gasteiger partial charge in [-0.25, -0.2) is 0 Å². The largest absolute Gasteiger partial charge is 0.309 e. The van der Waals surface area contributed by atoms with E-state index >= 15 is 0 Å². The first kappa shape index (κ1) is 15.3. The summed E-state index contributed by atoms with van der Waals surface area (Å²) in [5.74, 6) is 2.09. The van der Waals surface area contributed by atoms with E-state index < -0.39 is 0 Å². The van der Waals surface area contributed by atoms with Crippen LogP contribution in [0.1, 0.15) is 40.5 Å². The SMILES string of the molecule is CCC(C)C1CNC(C)(C)CN1CCCSC. The highest BCUT2D eigenvalue weighted by molar-refractivity contribution is 7.98. The Morgan fingerprint density at radius 3 is 2.76 bits per heavy atom. The summed E-state index contributed by atoms with van der Waals surface area (Å²) in [7, 11) is 0. The molecule has 0 aliphatic carbocycles. The van der Waals surface area contributed by atoms with Gasteiger partial charge in [-0.2, -0.15) is 11.8 Å². The van der Waals surface area contributed by atoms with E-state index in [0.717, 1.165) is 18.5 Å². The summed E-state index contributed by atoms with van der Waals surface area (Å²) in [4.78, 5) is 2.72. The van der Waals surface area contributed by atoms with Crippen molar-refractivity contribution < 1.29 is 0 Å². The second-order valence-electron chi connectivity index (χ2n) is 6.03. The van der Waals surface area contributed by atoms with Crippen molar-refractivity contribution in [2.24, 2.45) is 5.92 Å². The molecule has 2 nitrogen and oxygen atoms in total. The number of nitrogens with zero attached hydrogens (tertiary/aromatic N) is 1. The Morgan fingerprint density at radius 1 is 1.47 bits per heavy atom. The Balaban J connectivity index is 2.55. The monoisotopic (exact) mass is 258 g/mol. The zero-order chi connectivity index (χ0) is 12.9. The zero-order valence-corrected chi connectivity index (χ0v) is 13.1. The second kappa shape index (κ2) is 7.01. The maximum absolute atomic E-state index is 3.70. The fourth-order valence-corrected chi connectivity index (χ4v) is 3.10. The van der Waals surface area contributed by atoms with Crippen LogP contribution in [0.3, 0.4) is 0 Å². The van der Waals surface area contributed by atoms with E-state index in [9.17, 15) is 0 Å². The maximum Gasteiger partial charge on any atom is 0.0252 e. The molecule has 2 atom stereocenters. The molecule has 1 N–H and O–H groups in total. The van der Waals surface area contributed by atoms with Crippen LogP contribution < -0.4 is 5.32 Å². The van der Waals surface area contributed by atoms with E-state index in [1.807, 2.05) is 11.8 Å². The van der Waals surface area contributed by atoms with Crippen LogP contribution in [0, 0.1) is 5.92 Å². The minimum absolute atomic E-state index is 0.281. The molecule has 1 heterocycles. The fourth-order valence-electron chi connectivity index (χ4n) is 2.68. The minimum Gasteiger partial charge on any atom is -0.309 e. The summed E-state index contributed by atoms with van der Waals surface area (Å²) in [6.07, 6.45) is 4.81. The molecule has 0 aromatic rings. The molecule has 0 radical (unpaired) electrons. The van der Waals surface area contributed by atoms with Gasteiger partial charge >= 0.3 is 0 Å². The molecule has 0 aromatic heterocycles. The number of thioether (sulfide) groups is 1. The van der Waals surface area contributed by atoms with Crippen molar-refractivity contribution >= 4 is 11.8 Å². The molecule has 102 valence electrons. The molecule has 0 amide bonds. The van der Waals surface area contributed by atoms with Crippen molar-refractivity contribution in [3.63, 3.8) is 0 Å². The molecule has 1 saturated heterocycles. The van der Waals surface area contributed by atoms with Gasteiger partial charge in [0, 0.05) is 24.7 Å². The average Bonchev–Trinajstić information content (AvgIpc) is 2.28. The first-order valence-electron chi connectivity index (χ1n) is 6.98. The lowest BCUT2D eigenvalue weighted by Crippen LogP contribution is -2.63. The van der Waals surface area contributed by atoms with Crippen LogP contribution in [-0.2, 0) is 0 Å². The van der Waals surface area contributed by atoms with Crippen LogP contribution in [0.2, 0.25) is 0 Å². The van der Waals surface area contributed by atoms with Crippen LogP contribution in [0.15, 0.2) is 0 Å². The predicted molar refractivity (Wildman–Crippen MR) is 79.9 cm³/mol. The third-order valence-corrected chi connectivity index (χ3v) is 4.65. The molecule has 0 saturated carbocycles. The van der Waals surface area contributed by atoms with E-state index in [4.69, 9.17) is 0 Å². The van der Waals surface area contributed by atoms with Crippen LogP contribution >= 0.6 is 11.8 Å². The molecule has 17 heavy (non-hydrogen) atoms. The van der Waals surface area contributed by atoms with Gasteiger partial charge in [0.25, 0.3) is 0 Å². The quantitative estimate of drug-likeness (QED) is 0.738. The van der Waals surface area contributed by atoms with Crippen molar-refractivity contribution in [2.75, 3.05) is 31.6 Å². The highest BCUT2D eigenvalue weighted by atomic mass is 32.2. The molecule has 0 bridgehead atoms. The van der Waals surface area contributed by atoms with Gasteiger partial charge in [-0.05, 0) is 44.7 Å². The van der Waals surface area contributed by atoms with Crippen LogP contribution in [-0.4, -0.2) is 48.1 Å². The molecule has 1 fully saturated rings. The van der Waals surface area contributed by atoms with Crippen molar-refractivity contribution in [3.05, 3.63) is 0 Å². The Hall–Kier alpha value is 0.270. The average molecular weight is 258 g/mol. The van der Waals surface area contributed by atoms with E-state index in [0.29, 0.717) is 0 Å². The smallest absolute Gasteiger partial charge is 0.0252 e. The minimum atomic E-state index is 0.281. The lowest BCUT2D eigenvalue weighted by Gasteiger charge is -2.47. The highest BCUT2D eigenvalue weighted by Crippen LogP contribution is 2.22. The first-order chi connectivity index (χ1) is 8.00. The molecule has 1 rings (SSSR count). The molecule has 2 unspecified atom stereocenters. The fraction of sp³-hybridized carbons (Fsp3) is 1.00. The third-order valence-electron chi connectivity index (χ3n) is 3.95. The number of hydrogen-bond donors (Lipinski definition) is 1. The summed E-state index contributed by atoms with van der Waals surface area (Å²) < 4.78 is 0. The van der Waals surface area contributed by atoms with Crippen molar-refractivity contribution in [3.8, 4) is 0 Å². The molecular weight excluding hydrogens is 228 g/mol. The summed E-state index contributed by atoms with van der Waals surface area (Å²) in [5.41, 5.74) is 0.281. The lowest BCUT2D eigenvalue weighted by molar-refractivity contribution is 0.0641. The topological polar surface area (TPSA) is 15.3 Å². The predicted octanol–water partition coefficient (Wildman–Crippen LogP) is 2.84. The van der Waals surface area contributed by atoms with Gasteiger partial charge in [-0.1, -0.05) is 20.3 Å². The van der Waals surface area contributed by atoms with Gasteiger partial charge in [-0.15, -0.1) is 0 Å². The Labute approximate surface area is 112 Å². The normalized spacial score (nSPS) is 27.0. The molecular formula is C14H30N2S. The second-order valence-corrected chi connectivity index (χ2v) is 7.02. The van der Waals surface area contributed by atoms with Gasteiger partial charge in [0.05, 0.1) is 0 Å². The molecule has 3 heteroatoms. The van der Waals surface area contributed by atoms with E-state index in [1.54, 1.807) is 0 Å². The number of nitrogens with one attached hydrogen (secondary N) is 1. The lowest BCUT2D eigenvalue weighted by atomic mass is 9.90. The van der Waals surface area contributed by atoms with Crippen molar-refractivity contribution in [1.29, 1.82) is 0 Å². The first-order valence-corrected chi connectivity index (χ1v) is 8.37. The van der Waals surface area contributed by atoms with E-state index in [2.05, 4.69) is 44.2 Å². The van der Waals surface area contributed by atoms with Crippen molar-refractivity contribution in [1.82, 2.24) is 10.2 Å². The van der Waals surface area contributed by atoms with Gasteiger partial charge in [0.1, 0.15) is 0 Å². The number of hydrogen-bond acceptors (Lipinski definition) is 3. The standard InChI is InChI=1S/C14H30N2S/c1-6-12(2)13-10-15-14(3,4)11-16(13)8-7-9-17-5/h12-13,15H,6-11H2,1-5H3. The molecule has 1 aliphatic heterocycles. The number of piperazine rings is 1.